The zero-order valence-electron chi connectivity index (χ0n) is 7.64. The Bertz CT molecular complexity index is 364. The zero-order valence-corrected chi connectivity index (χ0v) is 7.64. The van der Waals surface area contributed by atoms with Crippen molar-refractivity contribution >= 4 is 5.82 Å². The Morgan fingerprint density at radius 3 is 3.00 bits per heavy atom. The minimum atomic E-state index is 0.193. The first kappa shape index (κ1) is 8.91. The Morgan fingerprint density at radius 1 is 1.57 bits per heavy atom. The van der Waals surface area contributed by atoms with Crippen LogP contribution in [0.5, 0.6) is 0 Å². The Balaban J connectivity index is 2.00. The van der Waals surface area contributed by atoms with Crippen molar-refractivity contribution in [2.45, 2.75) is 24.9 Å². The summed E-state index contributed by atoms with van der Waals surface area (Å²) in [4.78, 5) is 7.80. The maximum absolute atomic E-state index is 8.59. The molecule has 0 aliphatic heterocycles. The van der Waals surface area contributed by atoms with Crippen LogP contribution in [0, 0.1) is 11.3 Å². The number of nitrogens with one attached hydrogen (secondary N) is 1. The van der Waals surface area contributed by atoms with Gasteiger partial charge >= 0.3 is 0 Å². The van der Waals surface area contributed by atoms with Crippen LogP contribution in [0.2, 0.25) is 0 Å². The van der Waals surface area contributed by atoms with Gasteiger partial charge in [-0.1, -0.05) is 0 Å². The van der Waals surface area contributed by atoms with Gasteiger partial charge in [-0.15, -0.1) is 0 Å². The Labute approximate surface area is 82.0 Å². The molecule has 5 heteroatoms. The molecule has 72 valence electrons. The first-order valence-corrected chi connectivity index (χ1v) is 4.53. The number of anilines is 1. The van der Waals surface area contributed by atoms with E-state index in [2.05, 4.69) is 15.3 Å². The molecule has 1 aliphatic carbocycles. The lowest BCUT2D eigenvalue weighted by atomic mass is 9.88. The van der Waals surface area contributed by atoms with Crippen molar-refractivity contribution in [1.29, 1.82) is 5.26 Å². The van der Waals surface area contributed by atoms with Crippen molar-refractivity contribution in [1.82, 2.24) is 9.97 Å². The lowest BCUT2D eigenvalue weighted by Crippen LogP contribution is -2.44. The van der Waals surface area contributed by atoms with E-state index in [1.807, 2.05) is 6.07 Å². The van der Waals surface area contributed by atoms with Crippen LogP contribution in [-0.4, -0.2) is 22.1 Å². The van der Waals surface area contributed by atoms with Crippen molar-refractivity contribution in [3.05, 3.63) is 18.1 Å². The highest BCUT2D eigenvalue weighted by molar-refractivity contribution is 5.36. The van der Waals surface area contributed by atoms with Gasteiger partial charge in [-0.05, 0) is 18.9 Å². The van der Waals surface area contributed by atoms with E-state index in [0.717, 1.165) is 12.8 Å². The highest BCUT2D eigenvalue weighted by Crippen LogP contribution is 2.21. The summed E-state index contributed by atoms with van der Waals surface area (Å²) < 4.78 is 0. The molecule has 14 heavy (non-hydrogen) atoms. The summed E-state index contributed by atoms with van der Waals surface area (Å²) in [5, 5.41) is 11.8. The van der Waals surface area contributed by atoms with E-state index in [0.29, 0.717) is 17.9 Å². The maximum atomic E-state index is 8.59. The molecule has 1 aromatic heterocycles. The van der Waals surface area contributed by atoms with Crippen LogP contribution < -0.4 is 11.1 Å². The van der Waals surface area contributed by atoms with E-state index in [1.165, 1.54) is 0 Å². The summed E-state index contributed by atoms with van der Waals surface area (Å²) >= 11 is 0. The van der Waals surface area contributed by atoms with Gasteiger partial charge in [0.15, 0.2) is 0 Å². The van der Waals surface area contributed by atoms with Crippen molar-refractivity contribution < 1.29 is 0 Å². The number of rotatable bonds is 2. The summed E-state index contributed by atoms with van der Waals surface area (Å²) in [5.41, 5.74) is 5.65. The van der Waals surface area contributed by atoms with Gasteiger partial charge in [0, 0.05) is 18.3 Å². The van der Waals surface area contributed by atoms with E-state index >= 15 is 0 Å². The van der Waals surface area contributed by atoms with Gasteiger partial charge in [0.05, 0.1) is 0 Å². The Hall–Kier alpha value is -1.67. The van der Waals surface area contributed by atoms with Gasteiger partial charge in [0.2, 0.25) is 5.82 Å². The molecule has 0 radical (unpaired) electrons. The van der Waals surface area contributed by atoms with Gasteiger partial charge in [-0.2, -0.15) is 5.26 Å². The maximum Gasteiger partial charge on any atom is 0.234 e. The molecule has 0 bridgehead atoms. The van der Waals surface area contributed by atoms with Crippen LogP contribution in [0.1, 0.15) is 18.7 Å². The molecule has 1 heterocycles. The first-order chi connectivity index (χ1) is 6.78. The van der Waals surface area contributed by atoms with Crippen LogP contribution >= 0.6 is 0 Å². The first-order valence-electron chi connectivity index (χ1n) is 4.53. The lowest BCUT2D eigenvalue weighted by Gasteiger charge is -2.33. The summed E-state index contributed by atoms with van der Waals surface area (Å²) in [7, 11) is 0. The predicted molar refractivity (Wildman–Crippen MR) is 51.4 cm³/mol. The van der Waals surface area contributed by atoms with Crippen LogP contribution in [0.4, 0.5) is 5.82 Å². The Kier molecular flexibility index (Phi) is 2.29. The van der Waals surface area contributed by atoms with Gasteiger partial charge in [-0.3, -0.25) is 0 Å². The molecule has 0 aromatic carbocycles. The average Bonchev–Trinajstić information content (AvgIpc) is 2.16. The quantitative estimate of drug-likeness (QED) is 0.696. The van der Waals surface area contributed by atoms with E-state index in [1.54, 1.807) is 12.3 Å². The second kappa shape index (κ2) is 3.60. The largest absolute Gasteiger partial charge is 0.367 e. The fourth-order valence-corrected chi connectivity index (χ4v) is 1.48. The third-order valence-electron chi connectivity index (χ3n) is 2.28. The second-order valence-electron chi connectivity index (χ2n) is 3.45. The second-order valence-corrected chi connectivity index (χ2v) is 3.45. The summed E-state index contributed by atoms with van der Waals surface area (Å²) in [5.74, 6) is 0.895. The van der Waals surface area contributed by atoms with Crippen molar-refractivity contribution in [2.75, 3.05) is 5.32 Å². The van der Waals surface area contributed by atoms with E-state index < -0.39 is 0 Å². The number of aromatic nitrogens is 2. The van der Waals surface area contributed by atoms with Crippen LogP contribution in [0.15, 0.2) is 12.3 Å². The van der Waals surface area contributed by atoms with Crippen LogP contribution in [-0.2, 0) is 0 Å². The SMILES string of the molecule is N#Cc1nccc(NC2CC(N)C2)n1. The predicted octanol–water partition coefficient (Wildman–Crippen LogP) is 0.250. The average molecular weight is 189 g/mol. The molecule has 1 saturated carbocycles. The monoisotopic (exact) mass is 189 g/mol. The number of nitrogens with two attached hydrogens (primary N) is 1. The number of hydrogen-bond donors (Lipinski definition) is 2. The zero-order chi connectivity index (χ0) is 9.97. The molecule has 5 nitrogen and oxygen atoms in total. The van der Waals surface area contributed by atoms with Crippen molar-refractivity contribution in [3.8, 4) is 6.07 Å². The molecular weight excluding hydrogens is 178 g/mol. The van der Waals surface area contributed by atoms with E-state index in [-0.39, 0.29) is 5.82 Å². The third kappa shape index (κ3) is 1.80. The molecular formula is C9H11N5. The smallest absolute Gasteiger partial charge is 0.234 e. The topological polar surface area (TPSA) is 87.6 Å². The standard InChI is InChI=1S/C9H11N5/c10-5-9-12-2-1-8(14-9)13-7-3-6(11)4-7/h1-2,6-7H,3-4,11H2,(H,12,13,14). The number of hydrogen-bond acceptors (Lipinski definition) is 5. The minimum absolute atomic E-state index is 0.193. The Morgan fingerprint density at radius 2 is 2.36 bits per heavy atom. The highest BCUT2D eigenvalue weighted by Gasteiger charge is 2.25. The molecule has 2 rings (SSSR count). The van der Waals surface area contributed by atoms with E-state index in [4.69, 9.17) is 11.0 Å². The number of nitriles is 1. The third-order valence-corrected chi connectivity index (χ3v) is 2.28. The van der Waals surface area contributed by atoms with Gasteiger partial charge in [0.25, 0.3) is 0 Å². The van der Waals surface area contributed by atoms with E-state index in [9.17, 15) is 0 Å². The summed E-state index contributed by atoms with van der Waals surface area (Å²) in [6.45, 7) is 0. The lowest BCUT2D eigenvalue weighted by molar-refractivity contribution is 0.373. The molecule has 0 unspecified atom stereocenters. The molecule has 0 atom stereocenters. The molecule has 0 saturated heterocycles. The van der Waals surface area contributed by atoms with Crippen molar-refractivity contribution in [2.24, 2.45) is 5.73 Å². The summed E-state index contributed by atoms with van der Waals surface area (Å²) in [6.07, 6.45) is 3.50. The normalized spacial score (nSPS) is 24.9. The van der Waals surface area contributed by atoms with Crippen LogP contribution in [0.3, 0.4) is 0 Å². The highest BCUT2D eigenvalue weighted by atomic mass is 15.1. The summed E-state index contributed by atoms with van der Waals surface area (Å²) in [6, 6.07) is 4.36. The molecule has 1 aliphatic rings. The molecule has 0 amide bonds. The molecule has 1 fully saturated rings. The minimum Gasteiger partial charge on any atom is -0.367 e. The number of nitrogens with zero attached hydrogens (tertiary/aromatic N) is 3. The van der Waals surface area contributed by atoms with Gasteiger partial charge < -0.3 is 11.1 Å². The molecule has 1 aromatic rings. The van der Waals surface area contributed by atoms with Gasteiger partial charge in [-0.25, -0.2) is 9.97 Å². The fourth-order valence-electron chi connectivity index (χ4n) is 1.48. The van der Waals surface area contributed by atoms with Crippen LogP contribution in [0.25, 0.3) is 0 Å². The molecule has 0 spiro atoms. The molecule has 3 N–H and O–H groups in total. The van der Waals surface area contributed by atoms with Crippen molar-refractivity contribution in [3.63, 3.8) is 0 Å². The van der Waals surface area contributed by atoms with Gasteiger partial charge in [0.1, 0.15) is 11.9 Å². The fraction of sp³-hybridized carbons (Fsp3) is 0.444.